The molecule has 0 unspecified atom stereocenters. The summed E-state index contributed by atoms with van der Waals surface area (Å²) < 4.78 is 19.2. The highest BCUT2D eigenvalue weighted by Gasteiger charge is 2.23. The molecule has 2 heterocycles. The molecule has 2 aromatic carbocycles. The van der Waals surface area contributed by atoms with E-state index in [-0.39, 0.29) is 16.4 Å². The number of aromatic nitrogens is 1. The van der Waals surface area contributed by atoms with E-state index in [9.17, 15) is 19.3 Å². The predicted octanol–water partition coefficient (Wildman–Crippen LogP) is 4.62. The van der Waals surface area contributed by atoms with Crippen molar-refractivity contribution in [1.82, 2.24) is 4.98 Å². The number of nitro benzene ring substituents is 1. The Hall–Kier alpha value is -3.92. The molecule has 29 heavy (non-hydrogen) atoms. The van der Waals surface area contributed by atoms with E-state index in [4.69, 9.17) is 4.42 Å². The second-order valence-corrected chi connectivity index (χ2v) is 6.80. The summed E-state index contributed by atoms with van der Waals surface area (Å²) in [5, 5.41) is 16.4. The number of non-ortho nitro benzene ring substituents is 1. The standard InChI is InChI=1S/C19H11FN4O4S/c20-13-6-7-16-17(10-13)29-19(22-16)23(21-11-15-5-2-8-28-15)18(25)12-3-1-4-14(9-12)24(26)27/h1-11H/b21-11-. The summed E-state index contributed by atoms with van der Waals surface area (Å²) in [4.78, 5) is 27.9. The maximum absolute atomic E-state index is 13.5. The normalized spacial score (nSPS) is 11.2. The van der Waals surface area contributed by atoms with Gasteiger partial charge in [-0.2, -0.15) is 10.1 Å². The summed E-state index contributed by atoms with van der Waals surface area (Å²) in [6, 6.07) is 12.7. The monoisotopic (exact) mass is 410 g/mol. The molecular formula is C19H11FN4O4S. The number of halogens is 1. The Bertz CT molecular complexity index is 1240. The predicted molar refractivity (Wildman–Crippen MR) is 106 cm³/mol. The van der Waals surface area contributed by atoms with Gasteiger partial charge in [0.2, 0.25) is 5.13 Å². The molecular weight excluding hydrogens is 399 g/mol. The minimum Gasteiger partial charge on any atom is -0.463 e. The van der Waals surface area contributed by atoms with Crippen LogP contribution in [0, 0.1) is 15.9 Å². The molecule has 0 N–H and O–H groups in total. The molecule has 4 aromatic rings. The molecule has 1 amide bonds. The highest BCUT2D eigenvalue weighted by Crippen LogP contribution is 2.31. The van der Waals surface area contributed by atoms with Gasteiger partial charge in [0.05, 0.1) is 27.6 Å². The first-order valence-corrected chi connectivity index (χ1v) is 9.05. The Labute approximate surface area is 166 Å². The van der Waals surface area contributed by atoms with E-state index < -0.39 is 16.6 Å². The molecule has 144 valence electrons. The van der Waals surface area contributed by atoms with Crippen molar-refractivity contribution in [2.45, 2.75) is 0 Å². The van der Waals surface area contributed by atoms with Crippen LogP contribution in [0.1, 0.15) is 16.1 Å². The molecule has 0 saturated heterocycles. The molecule has 0 spiro atoms. The number of nitrogens with zero attached hydrogens (tertiary/aromatic N) is 4. The van der Waals surface area contributed by atoms with Gasteiger partial charge < -0.3 is 4.42 Å². The molecule has 0 bridgehead atoms. The van der Waals surface area contributed by atoms with Crippen LogP contribution in [0.25, 0.3) is 10.2 Å². The average Bonchev–Trinajstić information content (AvgIpc) is 3.37. The average molecular weight is 410 g/mol. The number of hydrogen-bond donors (Lipinski definition) is 0. The zero-order valence-corrected chi connectivity index (χ0v) is 15.4. The lowest BCUT2D eigenvalue weighted by Gasteiger charge is -2.13. The van der Waals surface area contributed by atoms with Gasteiger partial charge in [0.15, 0.2) is 0 Å². The summed E-state index contributed by atoms with van der Waals surface area (Å²) in [5.41, 5.74) is 0.329. The van der Waals surface area contributed by atoms with E-state index in [0.29, 0.717) is 16.0 Å². The minimum atomic E-state index is -0.629. The van der Waals surface area contributed by atoms with Crippen LogP contribution in [0.5, 0.6) is 0 Å². The second-order valence-electron chi connectivity index (χ2n) is 5.79. The van der Waals surface area contributed by atoms with E-state index in [1.165, 1.54) is 48.9 Å². The molecule has 10 heteroatoms. The Morgan fingerprint density at radius 1 is 1.24 bits per heavy atom. The SMILES string of the molecule is O=C(c1cccc([N+](=O)[O-])c1)N(/N=C\c1ccco1)c1nc2ccc(F)cc2s1. The molecule has 8 nitrogen and oxygen atoms in total. The third-order valence-electron chi connectivity index (χ3n) is 3.86. The number of hydrazone groups is 1. The van der Waals surface area contributed by atoms with Crippen LogP contribution < -0.4 is 5.01 Å². The van der Waals surface area contributed by atoms with Crippen LogP contribution >= 0.6 is 11.3 Å². The number of carbonyl (C=O) groups is 1. The number of fused-ring (bicyclic) bond motifs is 1. The van der Waals surface area contributed by atoms with Crippen molar-refractivity contribution in [2.24, 2.45) is 5.10 Å². The lowest BCUT2D eigenvalue weighted by atomic mass is 10.2. The van der Waals surface area contributed by atoms with Gasteiger partial charge in [-0.05, 0) is 36.4 Å². The van der Waals surface area contributed by atoms with Gasteiger partial charge >= 0.3 is 0 Å². The molecule has 0 saturated carbocycles. The largest absolute Gasteiger partial charge is 0.463 e. The first kappa shape index (κ1) is 18.4. The maximum atomic E-state index is 13.5. The molecule has 0 atom stereocenters. The topological polar surface area (TPSA) is 102 Å². The highest BCUT2D eigenvalue weighted by molar-refractivity contribution is 7.22. The van der Waals surface area contributed by atoms with Crippen molar-refractivity contribution < 1.29 is 18.5 Å². The second kappa shape index (κ2) is 7.60. The molecule has 0 radical (unpaired) electrons. The summed E-state index contributed by atoms with van der Waals surface area (Å²) in [6.45, 7) is 0. The first-order chi connectivity index (χ1) is 14.0. The van der Waals surface area contributed by atoms with Gasteiger partial charge in [-0.15, -0.1) is 0 Å². The van der Waals surface area contributed by atoms with E-state index in [1.807, 2.05) is 0 Å². The Balaban J connectivity index is 1.77. The lowest BCUT2D eigenvalue weighted by molar-refractivity contribution is -0.384. The number of carbonyl (C=O) groups excluding carboxylic acids is 1. The van der Waals surface area contributed by atoms with Crippen molar-refractivity contribution >= 4 is 44.5 Å². The summed E-state index contributed by atoms with van der Waals surface area (Å²) in [6.07, 6.45) is 2.77. The quantitative estimate of drug-likeness (QED) is 0.271. The summed E-state index contributed by atoms with van der Waals surface area (Å²) >= 11 is 1.07. The molecule has 0 aliphatic carbocycles. The van der Waals surface area contributed by atoms with Crippen LogP contribution in [0.15, 0.2) is 70.4 Å². The van der Waals surface area contributed by atoms with Gasteiger partial charge in [-0.1, -0.05) is 17.4 Å². The number of rotatable bonds is 5. The van der Waals surface area contributed by atoms with Gasteiger partial charge in [0, 0.05) is 17.7 Å². The van der Waals surface area contributed by atoms with Crippen molar-refractivity contribution in [1.29, 1.82) is 0 Å². The van der Waals surface area contributed by atoms with Gasteiger partial charge in [0.1, 0.15) is 11.6 Å². The van der Waals surface area contributed by atoms with Crippen molar-refractivity contribution in [2.75, 3.05) is 5.01 Å². The van der Waals surface area contributed by atoms with Gasteiger partial charge in [0.25, 0.3) is 11.6 Å². The van der Waals surface area contributed by atoms with Crippen molar-refractivity contribution in [3.63, 3.8) is 0 Å². The van der Waals surface area contributed by atoms with Crippen LogP contribution in [-0.2, 0) is 0 Å². The number of amides is 1. The van der Waals surface area contributed by atoms with E-state index >= 15 is 0 Å². The number of benzene rings is 2. The number of furan rings is 1. The van der Waals surface area contributed by atoms with Gasteiger partial charge in [-0.3, -0.25) is 14.9 Å². The first-order valence-electron chi connectivity index (χ1n) is 8.24. The lowest BCUT2D eigenvalue weighted by Crippen LogP contribution is -2.25. The third-order valence-corrected chi connectivity index (χ3v) is 4.85. The zero-order chi connectivity index (χ0) is 20.4. The van der Waals surface area contributed by atoms with E-state index in [2.05, 4.69) is 10.1 Å². The number of hydrogen-bond acceptors (Lipinski definition) is 7. The fourth-order valence-corrected chi connectivity index (χ4v) is 3.47. The van der Waals surface area contributed by atoms with Crippen molar-refractivity contribution in [3.8, 4) is 0 Å². The Morgan fingerprint density at radius 2 is 2.10 bits per heavy atom. The number of thiazole rings is 1. The number of nitro groups is 1. The maximum Gasteiger partial charge on any atom is 0.281 e. The molecule has 4 rings (SSSR count). The highest BCUT2D eigenvalue weighted by atomic mass is 32.1. The zero-order valence-electron chi connectivity index (χ0n) is 14.6. The third kappa shape index (κ3) is 3.87. The fourth-order valence-electron chi connectivity index (χ4n) is 2.52. The fraction of sp³-hybridized carbons (Fsp3) is 0. The van der Waals surface area contributed by atoms with Crippen molar-refractivity contribution in [3.05, 3.63) is 88.1 Å². The molecule has 0 aliphatic heterocycles. The molecule has 0 fully saturated rings. The van der Waals surface area contributed by atoms with E-state index in [0.717, 1.165) is 22.4 Å². The van der Waals surface area contributed by atoms with Crippen LogP contribution in [0.2, 0.25) is 0 Å². The Morgan fingerprint density at radius 3 is 2.86 bits per heavy atom. The number of anilines is 1. The van der Waals surface area contributed by atoms with Crippen LogP contribution in [0.4, 0.5) is 15.2 Å². The molecule has 2 aromatic heterocycles. The Kier molecular flexibility index (Phi) is 4.83. The van der Waals surface area contributed by atoms with E-state index in [1.54, 1.807) is 12.1 Å². The minimum absolute atomic E-state index is 0.0567. The smallest absolute Gasteiger partial charge is 0.281 e. The molecule has 0 aliphatic rings. The van der Waals surface area contributed by atoms with Crippen LogP contribution in [0.3, 0.4) is 0 Å². The summed E-state index contributed by atoms with van der Waals surface area (Å²) in [7, 11) is 0. The summed E-state index contributed by atoms with van der Waals surface area (Å²) in [5.74, 6) is -0.659. The van der Waals surface area contributed by atoms with Crippen LogP contribution in [-0.4, -0.2) is 22.0 Å². The van der Waals surface area contributed by atoms with Gasteiger partial charge in [-0.25, -0.2) is 9.37 Å².